The molecular weight excluding hydrogens is 382 g/mol. The topological polar surface area (TPSA) is 120 Å². The lowest BCUT2D eigenvalue weighted by Crippen LogP contribution is -2.26. The minimum Gasteiger partial charge on any atom is -0.497 e. The fourth-order valence-corrected chi connectivity index (χ4v) is 3.18. The van der Waals surface area contributed by atoms with Crippen LogP contribution in [0.4, 0.5) is 4.79 Å². The van der Waals surface area contributed by atoms with E-state index in [1.54, 1.807) is 32.9 Å². The van der Waals surface area contributed by atoms with Crippen molar-refractivity contribution in [3.63, 3.8) is 0 Å². The predicted octanol–water partition coefficient (Wildman–Crippen LogP) is 3.59. The number of aliphatic imine (C=N–C) groups is 1. The molecule has 0 aliphatic carbocycles. The zero-order valence-electron chi connectivity index (χ0n) is 17.2. The Morgan fingerprint density at radius 3 is 2.29 bits per heavy atom. The van der Waals surface area contributed by atoms with Crippen LogP contribution >= 0.6 is 0 Å². The maximum Gasteiger partial charge on any atom is 0.433 e. The summed E-state index contributed by atoms with van der Waals surface area (Å²) in [5.74, 6) is -1.18. The summed E-state index contributed by atoms with van der Waals surface area (Å²) in [5.41, 5.74) is -0.700. The molecule has 0 saturated carbocycles. The number of methoxy groups -OCH3 is 1. The third-order valence-corrected chi connectivity index (χ3v) is 5.30. The Balaban J connectivity index is 3.13. The number of carbonyl (C=O) groups is 2. The van der Waals surface area contributed by atoms with Crippen LogP contribution in [0, 0.1) is 11.8 Å². The van der Waals surface area contributed by atoms with Gasteiger partial charge in [-0.1, -0.05) is 20.3 Å². The van der Waals surface area contributed by atoms with E-state index >= 15 is 0 Å². The van der Waals surface area contributed by atoms with Gasteiger partial charge < -0.3 is 9.47 Å². The summed E-state index contributed by atoms with van der Waals surface area (Å²) in [6, 6.07) is 6.14. The fourth-order valence-electron chi connectivity index (χ4n) is 2.16. The number of hydrogen-bond donors (Lipinski definition) is 1. The van der Waals surface area contributed by atoms with E-state index in [1.165, 1.54) is 25.5 Å². The summed E-state index contributed by atoms with van der Waals surface area (Å²) >= 11 is 0. The first-order valence-electron chi connectivity index (χ1n) is 8.89. The molecule has 0 aliphatic heterocycles. The number of ether oxygens (including phenoxy) is 2. The van der Waals surface area contributed by atoms with Crippen LogP contribution in [-0.2, 0) is 19.4 Å². The zero-order valence-corrected chi connectivity index (χ0v) is 18.0. The van der Waals surface area contributed by atoms with Gasteiger partial charge in [0, 0.05) is 6.21 Å². The number of nitrogens with zero attached hydrogens (tertiary/aromatic N) is 2. The zero-order chi connectivity index (χ0) is 21.5. The molecule has 0 bridgehead atoms. The van der Waals surface area contributed by atoms with Gasteiger partial charge in [-0.25, -0.2) is 14.1 Å². The highest BCUT2D eigenvalue weighted by molar-refractivity contribution is 7.91. The maximum absolute atomic E-state index is 12.8. The molecule has 0 radical (unpaired) electrons. The number of hydrogen-bond acceptors (Lipinski definition) is 5. The van der Waals surface area contributed by atoms with Crippen LogP contribution in [0.2, 0.25) is 0 Å². The third-order valence-electron chi connectivity index (χ3n) is 3.90. The number of amides is 2. The van der Waals surface area contributed by atoms with Crippen LogP contribution in [0.1, 0.15) is 41.0 Å². The molecule has 2 N–H and O–H groups in total. The average molecular weight is 412 g/mol. The van der Waals surface area contributed by atoms with Gasteiger partial charge in [0.1, 0.15) is 21.3 Å². The van der Waals surface area contributed by atoms with Crippen LogP contribution in [0.3, 0.4) is 0 Å². The molecule has 0 aromatic heterocycles. The lowest BCUT2D eigenvalue weighted by molar-refractivity contribution is -0.120. The first kappa shape index (κ1) is 23.8. The molecule has 156 valence electrons. The fraction of sp³-hybridized carbons (Fsp3) is 0.526. The largest absolute Gasteiger partial charge is 0.497 e. The Labute approximate surface area is 166 Å². The number of carbonyl (C=O) groups excluding carboxylic acids is 2. The molecule has 0 spiro atoms. The van der Waals surface area contributed by atoms with Crippen LogP contribution in [0.5, 0.6) is 5.75 Å². The summed E-state index contributed by atoms with van der Waals surface area (Å²) < 4.78 is 26.6. The summed E-state index contributed by atoms with van der Waals surface area (Å²) in [6.07, 6.45) is 1.01. The Bertz CT molecular complexity index is 834. The van der Waals surface area contributed by atoms with E-state index in [2.05, 4.69) is 9.36 Å². The molecule has 2 amide bonds. The van der Waals surface area contributed by atoms with Crippen LogP contribution < -0.4 is 9.88 Å². The van der Waals surface area contributed by atoms with Crippen molar-refractivity contribution in [1.82, 2.24) is 0 Å². The Kier molecular flexibility index (Phi) is 8.31. The summed E-state index contributed by atoms with van der Waals surface area (Å²) in [7, 11) is -1.94. The quantitative estimate of drug-likeness (QED) is 0.717. The molecule has 28 heavy (non-hydrogen) atoms. The van der Waals surface area contributed by atoms with Crippen LogP contribution in [0.15, 0.2) is 38.5 Å². The number of rotatable bonds is 6. The lowest BCUT2D eigenvalue weighted by Gasteiger charge is -2.18. The minimum atomic E-state index is -3.45. The second-order valence-electron chi connectivity index (χ2n) is 7.34. The average Bonchev–Trinajstić information content (AvgIpc) is 2.59. The van der Waals surface area contributed by atoms with Crippen molar-refractivity contribution >= 4 is 28.1 Å². The molecule has 0 aliphatic rings. The standard InChI is InChI=1S/C19H29N3O5S/c1-7-13(2)16(12-21-18(24)27-19(3,4)5)17(23)22-28(20,25)15-10-8-14(26-6)9-11-15/h8-13,16H,7H2,1-6H3,(H2,20,22,23,25)/b21-12+/t13-,16?,28?/m0/s1. The molecule has 0 fully saturated rings. The van der Waals surface area contributed by atoms with Gasteiger partial charge in [-0.05, 0) is 51.0 Å². The summed E-state index contributed by atoms with van der Waals surface area (Å²) in [5, 5.41) is 5.81. The van der Waals surface area contributed by atoms with Crippen LogP contribution in [-0.4, -0.2) is 35.1 Å². The van der Waals surface area contributed by atoms with Gasteiger partial charge in [0.15, 0.2) is 0 Å². The highest BCUT2D eigenvalue weighted by Gasteiger charge is 2.25. The summed E-state index contributed by atoms with van der Waals surface area (Å²) in [6.45, 7) is 8.84. The van der Waals surface area contributed by atoms with Gasteiger partial charge in [0.25, 0.3) is 5.91 Å². The highest BCUT2D eigenvalue weighted by Crippen LogP contribution is 2.20. The lowest BCUT2D eigenvalue weighted by atomic mass is 9.92. The van der Waals surface area contributed by atoms with Gasteiger partial charge in [0.2, 0.25) is 0 Å². The van der Waals surface area contributed by atoms with Gasteiger partial charge in [0.05, 0.1) is 17.9 Å². The molecular formula is C19H29N3O5S. The second-order valence-corrected chi connectivity index (χ2v) is 9.13. The first-order valence-corrected chi connectivity index (χ1v) is 10.5. The van der Waals surface area contributed by atoms with E-state index in [9.17, 15) is 13.8 Å². The predicted molar refractivity (Wildman–Crippen MR) is 109 cm³/mol. The van der Waals surface area contributed by atoms with Crippen molar-refractivity contribution in [1.29, 1.82) is 0 Å². The van der Waals surface area contributed by atoms with Crippen molar-refractivity contribution in [2.24, 2.45) is 26.3 Å². The molecule has 3 atom stereocenters. The molecule has 0 saturated heterocycles. The minimum absolute atomic E-state index is 0.187. The monoisotopic (exact) mass is 411 g/mol. The second kappa shape index (κ2) is 9.79. The van der Waals surface area contributed by atoms with Gasteiger partial charge in [-0.3, -0.25) is 4.79 Å². The molecule has 1 rings (SSSR count). The van der Waals surface area contributed by atoms with Gasteiger partial charge >= 0.3 is 6.09 Å². The Morgan fingerprint density at radius 2 is 1.82 bits per heavy atom. The molecule has 0 heterocycles. The molecule has 9 heteroatoms. The molecule has 1 aromatic rings. The van der Waals surface area contributed by atoms with E-state index < -0.39 is 33.4 Å². The smallest absolute Gasteiger partial charge is 0.433 e. The van der Waals surface area contributed by atoms with Gasteiger partial charge in [-0.15, -0.1) is 4.36 Å². The van der Waals surface area contributed by atoms with Crippen molar-refractivity contribution in [3.05, 3.63) is 24.3 Å². The molecule has 1 aromatic carbocycles. The van der Waals surface area contributed by atoms with E-state index in [4.69, 9.17) is 14.6 Å². The van der Waals surface area contributed by atoms with Crippen LogP contribution in [0.25, 0.3) is 0 Å². The first-order chi connectivity index (χ1) is 12.9. The Hall–Kier alpha value is -2.26. The number of benzene rings is 1. The normalized spacial score (nSPS) is 16.1. The highest BCUT2D eigenvalue weighted by atomic mass is 32.2. The Morgan fingerprint density at radius 1 is 1.25 bits per heavy atom. The van der Waals surface area contributed by atoms with Crippen molar-refractivity contribution in [2.45, 2.75) is 51.5 Å². The third kappa shape index (κ3) is 7.40. The van der Waals surface area contributed by atoms with E-state index in [1.807, 2.05) is 13.8 Å². The van der Waals surface area contributed by atoms with E-state index in [0.29, 0.717) is 12.2 Å². The molecule has 2 unspecified atom stereocenters. The van der Waals surface area contributed by atoms with Crippen molar-refractivity contribution in [3.8, 4) is 5.75 Å². The van der Waals surface area contributed by atoms with Crippen molar-refractivity contribution < 1.29 is 23.3 Å². The molecule has 8 nitrogen and oxygen atoms in total. The maximum atomic E-state index is 12.8. The van der Waals surface area contributed by atoms with E-state index in [0.717, 1.165) is 0 Å². The number of nitrogens with two attached hydrogens (primary N) is 1. The van der Waals surface area contributed by atoms with Crippen molar-refractivity contribution in [2.75, 3.05) is 7.11 Å². The summed E-state index contributed by atoms with van der Waals surface area (Å²) in [4.78, 5) is 28.4. The SMILES string of the molecule is CC[C@H](C)C(/C=N/C(=O)OC(C)(C)C)C(=O)N=S(N)(=O)c1ccc(OC)cc1. The van der Waals surface area contributed by atoms with E-state index in [-0.39, 0.29) is 10.8 Å². The van der Waals surface area contributed by atoms with Gasteiger partial charge in [-0.2, -0.15) is 4.99 Å².